The lowest BCUT2D eigenvalue weighted by Gasteiger charge is -2.45. The second-order valence-electron chi connectivity index (χ2n) is 6.90. The van der Waals surface area contributed by atoms with Crippen molar-refractivity contribution in [3.05, 3.63) is 100.0 Å². The summed E-state index contributed by atoms with van der Waals surface area (Å²) in [6.45, 7) is 0. The Hall–Kier alpha value is -3.38. The van der Waals surface area contributed by atoms with Crippen LogP contribution in [0.2, 0.25) is 0 Å². The van der Waals surface area contributed by atoms with E-state index in [1.54, 1.807) is 17.8 Å². The van der Waals surface area contributed by atoms with Crippen molar-refractivity contribution in [2.45, 2.75) is 12.1 Å². The standard InChI is InChI=1S/C22H21N3O3/c1-23-21(25-14-13-17(26)20(27)19(25)22(28)24(23)2)18(15-9-5-3-6-10-15)16-11-7-4-8-12-16/h3-14,18,21,27H,1-2H3. The van der Waals surface area contributed by atoms with Gasteiger partial charge in [-0.1, -0.05) is 60.7 Å². The first kappa shape index (κ1) is 18.0. The fraction of sp³-hybridized carbons (Fsp3) is 0.182. The fourth-order valence-electron chi connectivity index (χ4n) is 3.86. The van der Waals surface area contributed by atoms with E-state index in [4.69, 9.17) is 0 Å². The molecule has 0 radical (unpaired) electrons. The van der Waals surface area contributed by atoms with Crippen LogP contribution in [0.5, 0.6) is 5.75 Å². The molecule has 142 valence electrons. The maximum Gasteiger partial charge on any atom is 0.288 e. The van der Waals surface area contributed by atoms with Crippen LogP contribution in [0.1, 0.15) is 33.7 Å². The van der Waals surface area contributed by atoms with E-state index in [2.05, 4.69) is 0 Å². The number of nitrogens with zero attached hydrogens (tertiary/aromatic N) is 3. The second kappa shape index (κ2) is 6.98. The maximum atomic E-state index is 12.8. The van der Waals surface area contributed by atoms with Crippen LogP contribution < -0.4 is 5.43 Å². The van der Waals surface area contributed by atoms with Crippen LogP contribution in [0, 0.1) is 0 Å². The van der Waals surface area contributed by atoms with Gasteiger partial charge in [0.05, 0.1) is 0 Å². The predicted molar refractivity (Wildman–Crippen MR) is 106 cm³/mol. The van der Waals surface area contributed by atoms with Gasteiger partial charge in [-0.05, 0) is 11.1 Å². The molecule has 0 bridgehead atoms. The topological polar surface area (TPSA) is 65.8 Å². The van der Waals surface area contributed by atoms with Gasteiger partial charge in [-0.25, -0.2) is 0 Å². The Morgan fingerprint density at radius 3 is 1.93 bits per heavy atom. The van der Waals surface area contributed by atoms with Crippen LogP contribution in [0.15, 0.2) is 77.7 Å². The van der Waals surface area contributed by atoms with Gasteiger partial charge in [0.25, 0.3) is 5.91 Å². The summed E-state index contributed by atoms with van der Waals surface area (Å²) in [4.78, 5) is 24.8. The average Bonchev–Trinajstić information content (AvgIpc) is 2.73. The Bertz CT molecular complexity index is 1020. The van der Waals surface area contributed by atoms with Crippen molar-refractivity contribution in [1.29, 1.82) is 0 Å². The molecule has 2 aromatic carbocycles. The zero-order valence-electron chi connectivity index (χ0n) is 15.7. The number of rotatable bonds is 3. The smallest absolute Gasteiger partial charge is 0.288 e. The number of hydrazine groups is 1. The number of fused-ring (bicyclic) bond motifs is 1. The third-order valence-corrected chi connectivity index (χ3v) is 5.36. The molecule has 0 saturated carbocycles. The number of aromatic nitrogens is 1. The van der Waals surface area contributed by atoms with E-state index in [1.165, 1.54) is 11.1 Å². The van der Waals surface area contributed by atoms with Gasteiger partial charge in [0.15, 0.2) is 11.4 Å². The Kier molecular flexibility index (Phi) is 4.49. The Morgan fingerprint density at radius 2 is 1.39 bits per heavy atom. The molecule has 0 fully saturated rings. The summed E-state index contributed by atoms with van der Waals surface area (Å²) < 4.78 is 1.70. The van der Waals surface area contributed by atoms with E-state index < -0.39 is 17.1 Å². The Balaban J connectivity index is 1.99. The van der Waals surface area contributed by atoms with Gasteiger partial charge in [0.1, 0.15) is 6.17 Å². The quantitative estimate of drug-likeness (QED) is 0.765. The molecule has 6 heteroatoms. The van der Waals surface area contributed by atoms with Crippen molar-refractivity contribution in [3.8, 4) is 5.75 Å². The molecule has 3 aromatic rings. The van der Waals surface area contributed by atoms with Crippen molar-refractivity contribution < 1.29 is 9.90 Å². The summed E-state index contributed by atoms with van der Waals surface area (Å²) in [5, 5.41) is 13.6. The molecule has 4 rings (SSSR count). The van der Waals surface area contributed by atoms with E-state index in [0.717, 1.165) is 11.1 Å². The average molecular weight is 375 g/mol. The highest BCUT2D eigenvalue weighted by atomic mass is 16.3. The number of hydrogen-bond acceptors (Lipinski definition) is 4. The molecule has 1 aromatic heterocycles. The van der Waals surface area contributed by atoms with E-state index in [9.17, 15) is 14.7 Å². The maximum absolute atomic E-state index is 12.8. The first-order valence-electron chi connectivity index (χ1n) is 9.05. The van der Waals surface area contributed by atoms with Gasteiger partial charge in [0, 0.05) is 32.3 Å². The number of pyridine rings is 1. The molecule has 0 saturated heterocycles. The van der Waals surface area contributed by atoms with Crippen LogP contribution in [-0.4, -0.2) is 39.7 Å². The fourth-order valence-corrected chi connectivity index (χ4v) is 3.86. The molecule has 1 N–H and O–H groups in total. The zero-order valence-corrected chi connectivity index (χ0v) is 15.7. The number of aromatic hydroxyl groups is 1. The number of carbonyl (C=O) groups excluding carboxylic acids is 1. The number of carbonyl (C=O) groups is 1. The van der Waals surface area contributed by atoms with Crippen molar-refractivity contribution in [1.82, 2.24) is 14.6 Å². The van der Waals surface area contributed by atoms with Gasteiger partial charge in [-0.2, -0.15) is 5.01 Å². The molecule has 2 heterocycles. The highest BCUT2D eigenvalue weighted by molar-refractivity contribution is 5.95. The first-order valence-corrected chi connectivity index (χ1v) is 9.05. The molecule has 1 aliphatic rings. The van der Waals surface area contributed by atoms with Crippen LogP contribution in [0.4, 0.5) is 0 Å². The molecule has 0 aliphatic carbocycles. The summed E-state index contributed by atoms with van der Waals surface area (Å²) in [6, 6.07) is 21.3. The monoisotopic (exact) mass is 375 g/mol. The minimum Gasteiger partial charge on any atom is -0.503 e. The minimum atomic E-state index is -0.563. The predicted octanol–water partition coefficient (Wildman–Crippen LogP) is 2.82. The van der Waals surface area contributed by atoms with Gasteiger partial charge < -0.3 is 9.67 Å². The lowest BCUT2D eigenvalue weighted by Crippen LogP contribution is -2.53. The van der Waals surface area contributed by atoms with Crippen molar-refractivity contribution in [2.24, 2.45) is 0 Å². The number of likely N-dealkylation sites (N-methyl/N-ethyl adjacent to an activating group) is 1. The molecular formula is C22H21N3O3. The van der Waals surface area contributed by atoms with Crippen LogP contribution in [0.25, 0.3) is 0 Å². The SMILES string of the molecule is CN1C(=O)c2c(O)c(=O)ccn2C(C(c2ccccc2)c2ccccc2)N1C. The van der Waals surface area contributed by atoms with Crippen molar-refractivity contribution >= 4 is 5.91 Å². The lowest BCUT2D eigenvalue weighted by molar-refractivity contribution is -0.0480. The van der Waals surface area contributed by atoms with Crippen LogP contribution in [-0.2, 0) is 0 Å². The van der Waals surface area contributed by atoms with E-state index in [-0.39, 0.29) is 17.8 Å². The van der Waals surface area contributed by atoms with Crippen LogP contribution >= 0.6 is 0 Å². The van der Waals surface area contributed by atoms with Crippen molar-refractivity contribution in [2.75, 3.05) is 14.1 Å². The van der Waals surface area contributed by atoms with Gasteiger partial charge >= 0.3 is 0 Å². The van der Waals surface area contributed by atoms with Crippen LogP contribution in [0.3, 0.4) is 0 Å². The summed E-state index contributed by atoms with van der Waals surface area (Å²) in [6.07, 6.45) is 1.23. The molecule has 1 amide bonds. The van der Waals surface area contributed by atoms with E-state index >= 15 is 0 Å². The third kappa shape index (κ3) is 2.78. The first-order chi connectivity index (χ1) is 13.5. The number of hydrogen-bond donors (Lipinski definition) is 1. The van der Waals surface area contributed by atoms with Gasteiger partial charge in [-0.15, -0.1) is 0 Å². The number of benzene rings is 2. The highest BCUT2D eigenvalue weighted by Crippen LogP contribution is 2.41. The summed E-state index contributed by atoms with van der Waals surface area (Å²) in [7, 11) is 3.47. The molecule has 1 aliphatic heterocycles. The zero-order chi connectivity index (χ0) is 19.8. The summed E-state index contributed by atoms with van der Waals surface area (Å²) in [5.41, 5.74) is 1.58. The van der Waals surface area contributed by atoms with E-state index in [1.807, 2.05) is 72.7 Å². The second-order valence-corrected chi connectivity index (χ2v) is 6.90. The normalized spacial score (nSPS) is 17.0. The van der Waals surface area contributed by atoms with Gasteiger partial charge in [0.2, 0.25) is 5.43 Å². The number of amides is 1. The van der Waals surface area contributed by atoms with E-state index in [0.29, 0.717) is 0 Å². The minimum absolute atomic E-state index is 0.00922. The Morgan fingerprint density at radius 1 is 0.857 bits per heavy atom. The third-order valence-electron chi connectivity index (χ3n) is 5.36. The molecule has 1 atom stereocenters. The summed E-state index contributed by atoms with van der Waals surface area (Å²) >= 11 is 0. The van der Waals surface area contributed by atoms with Gasteiger partial charge in [-0.3, -0.25) is 14.6 Å². The molecular weight excluding hydrogens is 354 g/mol. The largest absolute Gasteiger partial charge is 0.503 e. The summed E-state index contributed by atoms with van der Waals surface area (Å²) in [5.74, 6) is -1.07. The van der Waals surface area contributed by atoms with Crippen molar-refractivity contribution in [3.63, 3.8) is 0 Å². The molecule has 0 spiro atoms. The molecule has 28 heavy (non-hydrogen) atoms. The molecule has 6 nitrogen and oxygen atoms in total. The lowest BCUT2D eigenvalue weighted by atomic mass is 9.87. The highest BCUT2D eigenvalue weighted by Gasteiger charge is 2.40. The Labute approximate surface area is 162 Å². The molecule has 1 unspecified atom stereocenters.